The first-order valence-electron chi connectivity index (χ1n) is 10.1. The van der Waals surface area contributed by atoms with Gasteiger partial charge in [0.1, 0.15) is 5.75 Å². The smallest absolute Gasteiger partial charge is 0.263 e. The first-order valence-corrected chi connectivity index (χ1v) is 11.4. The molecule has 2 aromatic rings. The second-order valence-electron chi connectivity index (χ2n) is 8.57. The molecule has 1 aromatic heterocycles. The molecular weight excluding hydrogens is 406 g/mol. The van der Waals surface area contributed by atoms with Crippen LogP contribution in [0, 0.1) is 0 Å². The highest BCUT2D eigenvalue weighted by Gasteiger charge is 2.25. The first-order chi connectivity index (χ1) is 13.7. The molecule has 2 heterocycles. The fraction of sp³-hybridized carbons (Fsp3) is 0.545. The summed E-state index contributed by atoms with van der Waals surface area (Å²) in [4.78, 5) is 22.0. The Bertz CT molecular complexity index is 833. The average Bonchev–Trinajstić information content (AvgIpc) is 3.00. The fourth-order valence-electron chi connectivity index (χ4n) is 3.35. The lowest BCUT2D eigenvalue weighted by atomic mass is 9.98. The lowest BCUT2D eigenvalue weighted by Gasteiger charge is -2.25. The molecule has 1 amide bonds. The molecule has 0 aliphatic carbocycles. The van der Waals surface area contributed by atoms with Gasteiger partial charge in [0.05, 0.1) is 10.7 Å². The SMILES string of the molecule is CC(Oc1cccc(Cl)c1)C(=O)N1CCCN(Cc2csc(C(C)(C)C)n2)CC1. The highest BCUT2D eigenvalue weighted by atomic mass is 35.5. The van der Waals surface area contributed by atoms with Gasteiger partial charge in [-0.15, -0.1) is 11.3 Å². The van der Waals surface area contributed by atoms with Crippen molar-refractivity contribution in [3.8, 4) is 5.75 Å². The summed E-state index contributed by atoms with van der Waals surface area (Å²) in [5.74, 6) is 0.642. The Morgan fingerprint density at radius 3 is 2.76 bits per heavy atom. The predicted molar refractivity (Wildman–Crippen MR) is 119 cm³/mol. The van der Waals surface area contributed by atoms with Crippen LogP contribution in [-0.2, 0) is 16.8 Å². The van der Waals surface area contributed by atoms with Crippen LogP contribution in [-0.4, -0.2) is 53.0 Å². The Balaban J connectivity index is 1.53. The minimum Gasteiger partial charge on any atom is -0.481 e. The molecule has 0 saturated carbocycles. The van der Waals surface area contributed by atoms with Crippen molar-refractivity contribution in [2.75, 3.05) is 26.2 Å². The zero-order valence-corrected chi connectivity index (χ0v) is 19.2. The Morgan fingerprint density at radius 1 is 1.28 bits per heavy atom. The third-order valence-electron chi connectivity index (χ3n) is 4.94. The molecule has 29 heavy (non-hydrogen) atoms. The Hall–Kier alpha value is -1.63. The van der Waals surface area contributed by atoms with Crippen molar-refractivity contribution in [1.82, 2.24) is 14.8 Å². The van der Waals surface area contributed by atoms with Gasteiger partial charge in [0.25, 0.3) is 5.91 Å². The molecule has 1 atom stereocenters. The van der Waals surface area contributed by atoms with Gasteiger partial charge < -0.3 is 9.64 Å². The zero-order valence-electron chi connectivity index (χ0n) is 17.7. The maximum absolute atomic E-state index is 12.9. The van der Waals surface area contributed by atoms with Crippen molar-refractivity contribution in [2.24, 2.45) is 0 Å². The fourth-order valence-corrected chi connectivity index (χ4v) is 4.43. The van der Waals surface area contributed by atoms with E-state index in [2.05, 4.69) is 31.1 Å². The van der Waals surface area contributed by atoms with Gasteiger partial charge in [0.2, 0.25) is 0 Å². The maximum Gasteiger partial charge on any atom is 0.263 e. The summed E-state index contributed by atoms with van der Waals surface area (Å²) in [5.41, 5.74) is 1.21. The quantitative estimate of drug-likeness (QED) is 0.688. The predicted octanol–water partition coefficient (Wildman–Crippen LogP) is 4.60. The molecule has 1 aromatic carbocycles. The van der Waals surface area contributed by atoms with Gasteiger partial charge in [-0.05, 0) is 31.5 Å². The standard InChI is InChI=1S/C22H30ClN3O2S/c1-16(28-19-8-5-7-17(23)13-19)20(27)26-10-6-9-25(11-12-26)14-18-15-29-21(24-18)22(2,3)4/h5,7-8,13,15-16H,6,9-12,14H2,1-4H3. The van der Waals surface area contributed by atoms with Crippen molar-refractivity contribution < 1.29 is 9.53 Å². The normalized spacial score (nSPS) is 17.1. The lowest BCUT2D eigenvalue weighted by Crippen LogP contribution is -2.42. The topological polar surface area (TPSA) is 45.7 Å². The number of hydrogen-bond donors (Lipinski definition) is 0. The number of rotatable bonds is 5. The average molecular weight is 436 g/mol. The summed E-state index contributed by atoms with van der Waals surface area (Å²) < 4.78 is 5.81. The van der Waals surface area contributed by atoms with Crippen molar-refractivity contribution in [2.45, 2.75) is 52.2 Å². The van der Waals surface area contributed by atoms with Gasteiger partial charge in [0, 0.05) is 48.5 Å². The molecule has 1 saturated heterocycles. The van der Waals surface area contributed by atoms with E-state index < -0.39 is 6.10 Å². The summed E-state index contributed by atoms with van der Waals surface area (Å²) in [5, 5.41) is 3.94. The third kappa shape index (κ3) is 6.17. The molecule has 1 aliphatic heterocycles. The molecule has 5 nitrogen and oxygen atoms in total. The summed E-state index contributed by atoms with van der Waals surface area (Å²) in [6, 6.07) is 7.16. The first kappa shape index (κ1) is 22.1. The zero-order chi connectivity index (χ0) is 21.0. The van der Waals surface area contributed by atoms with Gasteiger partial charge in [-0.25, -0.2) is 4.98 Å². The van der Waals surface area contributed by atoms with Crippen LogP contribution >= 0.6 is 22.9 Å². The van der Waals surface area contributed by atoms with Crippen molar-refractivity contribution in [3.63, 3.8) is 0 Å². The Labute approximate surface area is 182 Å². The van der Waals surface area contributed by atoms with Gasteiger partial charge in [0.15, 0.2) is 6.10 Å². The number of halogens is 1. The molecule has 3 rings (SSSR count). The largest absolute Gasteiger partial charge is 0.481 e. The van der Waals surface area contributed by atoms with Gasteiger partial charge in [-0.1, -0.05) is 38.4 Å². The minimum absolute atomic E-state index is 0.0236. The van der Waals surface area contributed by atoms with Crippen molar-refractivity contribution in [3.05, 3.63) is 45.4 Å². The minimum atomic E-state index is -0.534. The van der Waals surface area contributed by atoms with E-state index in [1.165, 1.54) is 5.01 Å². The summed E-state index contributed by atoms with van der Waals surface area (Å²) >= 11 is 7.74. The molecule has 158 valence electrons. The molecule has 0 spiro atoms. The molecule has 7 heteroatoms. The lowest BCUT2D eigenvalue weighted by molar-refractivity contribution is -0.137. The highest BCUT2D eigenvalue weighted by Crippen LogP contribution is 2.26. The Morgan fingerprint density at radius 2 is 2.07 bits per heavy atom. The summed E-state index contributed by atoms with van der Waals surface area (Å²) in [7, 11) is 0. The molecule has 0 bridgehead atoms. The monoisotopic (exact) mass is 435 g/mol. The van der Waals surface area contributed by atoms with E-state index in [-0.39, 0.29) is 11.3 Å². The summed E-state index contributed by atoms with van der Waals surface area (Å²) in [6.45, 7) is 12.5. The molecule has 1 aliphatic rings. The van der Waals surface area contributed by atoms with Crippen LogP contribution in [0.4, 0.5) is 0 Å². The third-order valence-corrected chi connectivity index (χ3v) is 6.49. The number of carbonyl (C=O) groups excluding carboxylic acids is 1. The highest BCUT2D eigenvalue weighted by molar-refractivity contribution is 7.09. The number of ether oxygens (including phenoxy) is 1. The Kier molecular flexibility index (Phi) is 7.19. The molecule has 1 fully saturated rings. The van der Waals surface area contributed by atoms with Crippen LogP contribution in [0.5, 0.6) is 5.75 Å². The van der Waals surface area contributed by atoms with Crippen LogP contribution < -0.4 is 4.74 Å². The summed E-state index contributed by atoms with van der Waals surface area (Å²) in [6.07, 6.45) is 0.416. The van der Waals surface area contributed by atoms with E-state index >= 15 is 0 Å². The van der Waals surface area contributed by atoms with E-state index in [1.807, 2.05) is 17.0 Å². The van der Waals surface area contributed by atoms with E-state index in [9.17, 15) is 4.79 Å². The van der Waals surface area contributed by atoms with Crippen LogP contribution in [0.15, 0.2) is 29.6 Å². The number of nitrogens with zero attached hydrogens (tertiary/aromatic N) is 3. The maximum atomic E-state index is 12.9. The van der Waals surface area contributed by atoms with Crippen LogP contribution in [0.3, 0.4) is 0 Å². The van der Waals surface area contributed by atoms with Crippen LogP contribution in [0.25, 0.3) is 0 Å². The number of benzene rings is 1. The number of hydrogen-bond acceptors (Lipinski definition) is 5. The van der Waals surface area contributed by atoms with E-state index in [1.54, 1.807) is 30.4 Å². The van der Waals surface area contributed by atoms with Gasteiger partial charge in [-0.3, -0.25) is 9.69 Å². The van der Waals surface area contributed by atoms with Crippen LogP contribution in [0.2, 0.25) is 5.02 Å². The molecule has 1 unspecified atom stereocenters. The number of amides is 1. The van der Waals surface area contributed by atoms with E-state index in [0.717, 1.165) is 38.3 Å². The van der Waals surface area contributed by atoms with Crippen molar-refractivity contribution >= 4 is 28.8 Å². The molecule has 0 N–H and O–H groups in total. The second kappa shape index (κ2) is 9.45. The van der Waals surface area contributed by atoms with Gasteiger partial charge in [-0.2, -0.15) is 0 Å². The van der Waals surface area contributed by atoms with Crippen molar-refractivity contribution in [1.29, 1.82) is 0 Å². The number of carbonyl (C=O) groups is 1. The molecular formula is C22H30ClN3O2S. The second-order valence-corrected chi connectivity index (χ2v) is 9.86. The van der Waals surface area contributed by atoms with Crippen LogP contribution in [0.1, 0.15) is 44.8 Å². The van der Waals surface area contributed by atoms with E-state index in [4.69, 9.17) is 21.3 Å². The molecule has 0 radical (unpaired) electrons. The number of aromatic nitrogens is 1. The number of thiazole rings is 1. The van der Waals surface area contributed by atoms with E-state index in [0.29, 0.717) is 17.3 Å². The van der Waals surface area contributed by atoms with Gasteiger partial charge >= 0.3 is 0 Å².